The number of aliphatic hydroxyl groups excluding tert-OH is 1. The summed E-state index contributed by atoms with van der Waals surface area (Å²) in [5.41, 5.74) is 4.32. The Labute approximate surface area is 211 Å². The summed E-state index contributed by atoms with van der Waals surface area (Å²) in [7, 11) is 0. The zero-order chi connectivity index (χ0) is 24.3. The molecular weight excluding hydrogens is 450 g/mol. The van der Waals surface area contributed by atoms with Gasteiger partial charge in [-0.3, -0.25) is 9.88 Å². The van der Waals surface area contributed by atoms with E-state index in [9.17, 15) is 5.11 Å². The molecule has 36 heavy (non-hydrogen) atoms. The molecule has 3 aromatic heterocycles. The fraction of sp³-hybridized carbons (Fsp3) is 0.393. The standard InChI is InChI=1S/C28H33N7O/c36-27(35-15-5-6-20(19-35)18-34-13-3-4-14-34)26-17-21-16-22(8-9-23(21)32-26)31-28-30-12-10-25(33-28)24-7-1-2-11-29-24/h1-2,7-12,16-17,20,27,32,36H,3-6,13-15,18-19H2,(H,30,31,33). The van der Waals surface area contributed by atoms with Gasteiger partial charge in [0.25, 0.3) is 0 Å². The van der Waals surface area contributed by atoms with Crippen LogP contribution in [-0.4, -0.2) is 67.6 Å². The second-order valence-electron chi connectivity index (χ2n) is 10.0. The highest BCUT2D eigenvalue weighted by Gasteiger charge is 2.28. The maximum absolute atomic E-state index is 11.2. The molecular formula is C28H33N7O. The summed E-state index contributed by atoms with van der Waals surface area (Å²) < 4.78 is 0. The molecule has 2 unspecified atom stereocenters. The van der Waals surface area contributed by atoms with Crippen LogP contribution in [-0.2, 0) is 0 Å². The molecule has 2 saturated heterocycles. The minimum absolute atomic E-state index is 0.519. The molecule has 0 radical (unpaired) electrons. The number of likely N-dealkylation sites (tertiary alicyclic amines) is 2. The molecule has 5 heterocycles. The van der Waals surface area contributed by atoms with E-state index in [0.717, 1.165) is 59.7 Å². The Bertz CT molecular complexity index is 1300. The highest BCUT2D eigenvalue weighted by atomic mass is 16.3. The van der Waals surface area contributed by atoms with Crippen molar-refractivity contribution in [2.45, 2.75) is 31.9 Å². The number of piperidine rings is 1. The fourth-order valence-corrected chi connectivity index (χ4v) is 5.57. The largest absolute Gasteiger partial charge is 0.373 e. The van der Waals surface area contributed by atoms with Gasteiger partial charge >= 0.3 is 0 Å². The lowest BCUT2D eigenvalue weighted by Crippen LogP contribution is -2.42. The molecule has 8 heteroatoms. The van der Waals surface area contributed by atoms with Gasteiger partial charge in [0.1, 0.15) is 6.23 Å². The Hall–Kier alpha value is -3.33. The molecule has 2 atom stereocenters. The van der Waals surface area contributed by atoms with Gasteiger partial charge in [-0.1, -0.05) is 6.07 Å². The molecule has 1 aromatic carbocycles. The lowest BCUT2D eigenvalue weighted by molar-refractivity contribution is -0.0295. The van der Waals surface area contributed by atoms with Gasteiger partial charge in [-0.15, -0.1) is 0 Å². The molecule has 3 N–H and O–H groups in total. The summed E-state index contributed by atoms with van der Waals surface area (Å²) in [5.74, 6) is 1.15. The van der Waals surface area contributed by atoms with Crippen molar-refractivity contribution in [1.29, 1.82) is 0 Å². The van der Waals surface area contributed by atoms with Gasteiger partial charge in [-0.05, 0) is 87.2 Å². The normalized spacial score (nSPS) is 20.1. The quantitative estimate of drug-likeness (QED) is 0.355. The number of pyridine rings is 1. The van der Waals surface area contributed by atoms with E-state index >= 15 is 0 Å². The maximum atomic E-state index is 11.2. The average Bonchev–Trinajstić information content (AvgIpc) is 3.59. The van der Waals surface area contributed by atoms with Gasteiger partial charge in [0, 0.05) is 48.6 Å². The number of anilines is 2. The Balaban J connectivity index is 1.15. The molecule has 2 fully saturated rings. The van der Waals surface area contributed by atoms with Gasteiger partial charge in [-0.2, -0.15) is 0 Å². The summed E-state index contributed by atoms with van der Waals surface area (Å²) in [6.07, 6.45) is 7.92. The van der Waals surface area contributed by atoms with Crippen LogP contribution in [0.15, 0.2) is 60.9 Å². The second kappa shape index (κ2) is 10.3. The van der Waals surface area contributed by atoms with Crippen LogP contribution in [0.4, 0.5) is 11.6 Å². The fourth-order valence-electron chi connectivity index (χ4n) is 5.57. The lowest BCUT2D eigenvalue weighted by atomic mass is 9.97. The number of benzene rings is 1. The number of nitrogens with zero attached hydrogens (tertiary/aromatic N) is 5. The van der Waals surface area contributed by atoms with Gasteiger partial charge in [0.05, 0.1) is 17.1 Å². The molecule has 0 bridgehead atoms. The van der Waals surface area contributed by atoms with Gasteiger partial charge in [0.2, 0.25) is 5.95 Å². The molecule has 0 saturated carbocycles. The first-order valence-electron chi connectivity index (χ1n) is 13.0. The van der Waals surface area contributed by atoms with Crippen molar-refractivity contribution >= 4 is 22.5 Å². The van der Waals surface area contributed by atoms with Crippen molar-refractivity contribution in [1.82, 2.24) is 29.7 Å². The third kappa shape index (κ3) is 5.11. The summed E-state index contributed by atoms with van der Waals surface area (Å²) >= 11 is 0. The van der Waals surface area contributed by atoms with Crippen molar-refractivity contribution < 1.29 is 5.11 Å². The molecule has 8 nitrogen and oxygen atoms in total. The van der Waals surface area contributed by atoms with Gasteiger partial charge in [-0.25, -0.2) is 9.97 Å². The molecule has 0 amide bonds. The Morgan fingerprint density at radius 2 is 1.89 bits per heavy atom. The van der Waals surface area contributed by atoms with E-state index in [2.05, 4.69) is 47.2 Å². The Morgan fingerprint density at radius 3 is 2.75 bits per heavy atom. The van der Waals surface area contributed by atoms with Crippen molar-refractivity contribution in [3.05, 3.63) is 66.6 Å². The van der Waals surface area contributed by atoms with E-state index in [1.54, 1.807) is 12.4 Å². The molecule has 0 aliphatic carbocycles. The van der Waals surface area contributed by atoms with Crippen LogP contribution in [0.25, 0.3) is 22.3 Å². The first kappa shape index (κ1) is 23.1. The highest BCUT2D eigenvalue weighted by Crippen LogP contribution is 2.29. The number of hydrogen-bond acceptors (Lipinski definition) is 7. The number of aromatic amines is 1. The van der Waals surface area contributed by atoms with Crippen molar-refractivity contribution in [2.24, 2.45) is 5.92 Å². The van der Waals surface area contributed by atoms with Crippen LogP contribution in [0.5, 0.6) is 0 Å². The lowest BCUT2D eigenvalue weighted by Gasteiger charge is -2.37. The van der Waals surface area contributed by atoms with Crippen LogP contribution in [0.3, 0.4) is 0 Å². The van der Waals surface area contributed by atoms with E-state index in [1.807, 2.05) is 36.4 Å². The first-order valence-corrected chi connectivity index (χ1v) is 13.0. The number of fused-ring (bicyclic) bond motifs is 1. The van der Waals surface area contributed by atoms with Crippen LogP contribution in [0.1, 0.15) is 37.6 Å². The third-order valence-electron chi connectivity index (χ3n) is 7.37. The minimum atomic E-state index is -0.617. The first-order chi connectivity index (χ1) is 17.7. The van der Waals surface area contributed by atoms with Crippen LogP contribution >= 0.6 is 0 Å². The van der Waals surface area contributed by atoms with Crippen LogP contribution in [0, 0.1) is 5.92 Å². The molecule has 2 aliphatic heterocycles. The Kier molecular flexibility index (Phi) is 6.63. The van der Waals surface area contributed by atoms with E-state index < -0.39 is 6.23 Å². The number of hydrogen-bond donors (Lipinski definition) is 3. The van der Waals surface area contributed by atoms with Crippen LogP contribution in [0.2, 0.25) is 0 Å². The minimum Gasteiger partial charge on any atom is -0.373 e. The summed E-state index contributed by atoms with van der Waals surface area (Å²) in [6.45, 7) is 5.51. The smallest absolute Gasteiger partial charge is 0.227 e. The highest BCUT2D eigenvalue weighted by molar-refractivity contribution is 5.84. The SMILES string of the molecule is OC(c1cc2cc(Nc3nccc(-c4ccccn4)n3)ccc2[nH]1)N1CCCC(CN2CCCC2)C1. The van der Waals surface area contributed by atoms with E-state index in [1.165, 1.54) is 32.4 Å². The van der Waals surface area contributed by atoms with Crippen molar-refractivity contribution in [2.75, 3.05) is 38.0 Å². The monoisotopic (exact) mass is 483 g/mol. The number of H-pyrrole nitrogens is 1. The zero-order valence-corrected chi connectivity index (χ0v) is 20.5. The summed E-state index contributed by atoms with van der Waals surface area (Å²) in [5, 5.41) is 15.6. The molecule has 2 aliphatic rings. The third-order valence-corrected chi connectivity index (χ3v) is 7.37. The van der Waals surface area contributed by atoms with E-state index in [-0.39, 0.29) is 0 Å². The second-order valence-corrected chi connectivity index (χ2v) is 10.0. The molecule has 4 aromatic rings. The van der Waals surface area contributed by atoms with Crippen molar-refractivity contribution in [3.8, 4) is 11.4 Å². The van der Waals surface area contributed by atoms with Crippen LogP contribution < -0.4 is 5.32 Å². The summed E-state index contributed by atoms with van der Waals surface area (Å²) in [6, 6.07) is 15.8. The zero-order valence-electron chi connectivity index (χ0n) is 20.5. The number of rotatable bonds is 7. The summed E-state index contributed by atoms with van der Waals surface area (Å²) in [4.78, 5) is 21.6. The van der Waals surface area contributed by atoms with Gasteiger partial charge in [0.15, 0.2) is 0 Å². The molecule has 186 valence electrons. The number of aliphatic hydroxyl groups is 1. The number of nitrogens with one attached hydrogen (secondary N) is 2. The van der Waals surface area contributed by atoms with Gasteiger partial charge < -0.3 is 20.3 Å². The van der Waals surface area contributed by atoms with Crippen molar-refractivity contribution in [3.63, 3.8) is 0 Å². The topological polar surface area (TPSA) is 93.2 Å². The van der Waals surface area contributed by atoms with E-state index in [0.29, 0.717) is 11.9 Å². The number of aromatic nitrogens is 4. The molecule has 0 spiro atoms. The predicted octanol–water partition coefficient (Wildman–Crippen LogP) is 4.56. The predicted molar refractivity (Wildman–Crippen MR) is 142 cm³/mol. The average molecular weight is 484 g/mol. The maximum Gasteiger partial charge on any atom is 0.227 e. The molecule has 6 rings (SSSR count). The Morgan fingerprint density at radius 1 is 0.972 bits per heavy atom. The van der Waals surface area contributed by atoms with E-state index in [4.69, 9.17) is 0 Å².